The van der Waals surface area contributed by atoms with E-state index < -0.39 is 5.38 Å². The molecule has 0 radical (unpaired) electrons. The van der Waals surface area contributed by atoms with Gasteiger partial charge in [0.2, 0.25) is 5.91 Å². The molecule has 0 aliphatic rings. The van der Waals surface area contributed by atoms with Crippen LogP contribution < -0.4 is 5.32 Å². The molecule has 1 atom stereocenters. The van der Waals surface area contributed by atoms with Gasteiger partial charge < -0.3 is 5.32 Å². The lowest BCUT2D eigenvalue weighted by Gasteiger charge is -2.22. The van der Waals surface area contributed by atoms with E-state index in [1.54, 1.807) is 18.2 Å². The normalized spacial score (nSPS) is 13.3. The van der Waals surface area contributed by atoms with Crippen LogP contribution in [0.2, 0.25) is 10.0 Å². The van der Waals surface area contributed by atoms with Crippen LogP contribution >= 0.6 is 34.8 Å². The van der Waals surface area contributed by atoms with Gasteiger partial charge in [0, 0.05) is 15.6 Å². The van der Waals surface area contributed by atoms with Crippen LogP contribution in [0.15, 0.2) is 18.2 Å². The Morgan fingerprint density at radius 2 is 1.65 bits per heavy atom. The van der Waals surface area contributed by atoms with Gasteiger partial charge in [-0.05, 0) is 44.5 Å². The minimum Gasteiger partial charge on any atom is -0.350 e. The number of halogens is 3. The van der Waals surface area contributed by atoms with E-state index >= 15 is 0 Å². The average Bonchev–Trinajstić information content (AvgIpc) is 2.12. The lowest BCUT2D eigenvalue weighted by atomic mass is 10.1. The van der Waals surface area contributed by atoms with Crippen molar-refractivity contribution < 1.29 is 4.79 Å². The maximum atomic E-state index is 11.9. The number of alkyl halides is 1. The third-order valence-electron chi connectivity index (χ3n) is 1.91. The van der Waals surface area contributed by atoms with Gasteiger partial charge in [-0.25, -0.2) is 0 Å². The van der Waals surface area contributed by atoms with Crippen molar-refractivity contribution in [2.45, 2.75) is 31.7 Å². The molecule has 94 valence electrons. The minimum atomic E-state index is -0.801. The Labute approximate surface area is 116 Å². The number of carbonyl (C=O) groups excluding carboxylic acids is 1. The first-order chi connectivity index (χ1) is 7.69. The van der Waals surface area contributed by atoms with E-state index in [1.807, 2.05) is 20.8 Å². The van der Waals surface area contributed by atoms with Crippen molar-refractivity contribution in [1.82, 2.24) is 5.32 Å². The predicted molar refractivity (Wildman–Crippen MR) is 73.0 cm³/mol. The molecule has 17 heavy (non-hydrogen) atoms. The third kappa shape index (κ3) is 4.74. The highest BCUT2D eigenvalue weighted by atomic mass is 35.5. The molecular weight excluding hydrogens is 280 g/mol. The van der Waals surface area contributed by atoms with Gasteiger partial charge in [0.15, 0.2) is 0 Å². The van der Waals surface area contributed by atoms with Gasteiger partial charge in [-0.15, -0.1) is 11.6 Å². The lowest BCUT2D eigenvalue weighted by Crippen LogP contribution is -2.42. The first-order valence-electron chi connectivity index (χ1n) is 5.11. The number of hydrogen-bond donors (Lipinski definition) is 1. The van der Waals surface area contributed by atoms with Crippen molar-refractivity contribution in [3.8, 4) is 0 Å². The van der Waals surface area contributed by atoms with Gasteiger partial charge in [0.1, 0.15) is 5.38 Å². The Morgan fingerprint density at radius 1 is 1.18 bits per heavy atom. The summed E-state index contributed by atoms with van der Waals surface area (Å²) in [6.07, 6.45) is 0. The zero-order chi connectivity index (χ0) is 13.2. The van der Waals surface area contributed by atoms with Crippen molar-refractivity contribution in [1.29, 1.82) is 0 Å². The molecule has 1 aromatic carbocycles. The highest BCUT2D eigenvalue weighted by Crippen LogP contribution is 2.27. The molecule has 0 fully saturated rings. The molecule has 1 aromatic rings. The highest BCUT2D eigenvalue weighted by Gasteiger charge is 2.22. The van der Waals surface area contributed by atoms with E-state index in [2.05, 4.69) is 5.32 Å². The summed E-state index contributed by atoms with van der Waals surface area (Å²) in [5, 5.41) is 2.92. The number of carbonyl (C=O) groups is 1. The summed E-state index contributed by atoms with van der Waals surface area (Å²) in [5.74, 6) is -0.266. The first-order valence-corrected chi connectivity index (χ1v) is 6.30. The Morgan fingerprint density at radius 3 is 2.06 bits per heavy atom. The Balaban J connectivity index is 2.89. The summed E-state index contributed by atoms with van der Waals surface area (Å²) in [6, 6.07) is 4.86. The largest absolute Gasteiger partial charge is 0.350 e. The number of nitrogens with one attached hydrogen (secondary N) is 1. The van der Waals surface area contributed by atoms with Gasteiger partial charge >= 0.3 is 0 Å². The quantitative estimate of drug-likeness (QED) is 0.814. The van der Waals surface area contributed by atoms with Crippen LogP contribution in [0.3, 0.4) is 0 Å². The molecule has 0 aliphatic carbocycles. The molecule has 0 heterocycles. The summed E-state index contributed by atoms with van der Waals surface area (Å²) in [6.45, 7) is 5.67. The second kappa shape index (κ2) is 5.47. The molecule has 0 aliphatic heterocycles. The molecule has 1 amide bonds. The molecular formula is C12H14Cl3NO. The zero-order valence-electron chi connectivity index (χ0n) is 9.85. The predicted octanol–water partition coefficient (Wildman–Crippen LogP) is 4.19. The Bertz CT molecular complexity index is 406. The van der Waals surface area contributed by atoms with Crippen LogP contribution in [0.4, 0.5) is 0 Å². The third-order valence-corrected chi connectivity index (χ3v) is 2.79. The van der Waals surface area contributed by atoms with E-state index in [9.17, 15) is 4.79 Å². The van der Waals surface area contributed by atoms with E-state index in [0.29, 0.717) is 15.6 Å². The molecule has 1 unspecified atom stereocenters. The minimum absolute atomic E-state index is 0.266. The maximum Gasteiger partial charge on any atom is 0.243 e. The van der Waals surface area contributed by atoms with E-state index in [-0.39, 0.29) is 11.4 Å². The maximum absolute atomic E-state index is 11.9. The van der Waals surface area contributed by atoms with Crippen LogP contribution in [0.1, 0.15) is 31.7 Å². The SMILES string of the molecule is CC(C)(C)NC(=O)C(Cl)c1cc(Cl)cc(Cl)c1. The van der Waals surface area contributed by atoms with Crippen LogP contribution in [-0.4, -0.2) is 11.4 Å². The lowest BCUT2D eigenvalue weighted by molar-refractivity contribution is -0.122. The summed E-state index contributed by atoms with van der Waals surface area (Å²) in [7, 11) is 0. The molecule has 0 saturated carbocycles. The molecule has 0 bridgehead atoms. The Hall–Kier alpha value is -0.440. The molecule has 5 heteroatoms. The Kier molecular flexibility index (Phi) is 4.70. The van der Waals surface area contributed by atoms with E-state index in [4.69, 9.17) is 34.8 Å². The molecule has 1 rings (SSSR count). The van der Waals surface area contributed by atoms with Gasteiger partial charge in [-0.3, -0.25) is 4.79 Å². The van der Waals surface area contributed by atoms with Crippen LogP contribution in [0.5, 0.6) is 0 Å². The average molecular weight is 295 g/mol. The van der Waals surface area contributed by atoms with Crippen molar-refractivity contribution in [3.05, 3.63) is 33.8 Å². The van der Waals surface area contributed by atoms with Crippen LogP contribution in [0, 0.1) is 0 Å². The highest BCUT2D eigenvalue weighted by molar-refractivity contribution is 6.35. The number of hydrogen-bond acceptors (Lipinski definition) is 1. The summed E-state index contributed by atoms with van der Waals surface area (Å²) in [4.78, 5) is 11.9. The summed E-state index contributed by atoms with van der Waals surface area (Å²) >= 11 is 17.8. The molecule has 0 spiro atoms. The number of benzene rings is 1. The fraction of sp³-hybridized carbons (Fsp3) is 0.417. The van der Waals surface area contributed by atoms with Crippen molar-refractivity contribution in [3.63, 3.8) is 0 Å². The molecule has 2 nitrogen and oxygen atoms in total. The summed E-state index contributed by atoms with van der Waals surface area (Å²) in [5.41, 5.74) is 0.262. The zero-order valence-corrected chi connectivity index (χ0v) is 12.1. The second-order valence-electron chi connectivity index (χ2n) is 4.80. The van der Waals surface area contributed by atoms with Crippen molar-refractivity contribution in [2.24, 2.45) is 0 Å². The molecule has 0 aromatic heterocycles. The fourth-order valence-corrected chi connectivity index (χ4v) is 2.03. The standard InChI is InChI=1S/C12H14Cl3NO/c1-12(2,3)16-11(17)10(15)7-4-8(13)6-9(14)5-7/h4-6,10H,1-3H3,(H,16,17). The smallest absolute Gasteiger partial charge is 0.243 e. The molecule has 0 saturated heterocycles. The van der Waals surface area contributed by atoms with Crippen molar-refractivity contribution >= 4 is 40.7 Å². The second-order valence-corrected chi connectivity index (χ2v) is 6.11. The topological polar surface area (TPSA) is 29.1 Å². The monoisotopic (exact) mass is 293 g/mol. The molecule has 1 N–H and O–H groups in total. The van der Waals surface area contributed by atoms with Crippen LogP contribution in [-0.2, 0) is 4.79 Å². The van der Waals surface area contributed by atoms with E-state index in [0.717, 1.165) is 0 Å². The van der Waals surface area contributed by atoms with Gasteiger partial charge in [-0.2, -0.15) is 0 Å². The van der Waals surface area contributed by atoms with Gasteiger partial charge in [0.25, 0.3) is 0 Å². The number of rotatable bonds is 2. The van der Waals surface area contributed by atoms with E-state index in [1.165, 1.54) is 0 Å². The fourth-order valence-electron chi connectivity index (χ4n) is 1.31. The van der Waals surface area contributed by atoms with Crippen molar-refractivity contribution in [2.75, 3.05) is 0 Å². The van der Waals surface area contributed by atoms with Gasteiger partial charge in [-0.1, -0.05) is 23.2 Å². The first kappa shape index (κ1) is 14.6. The van der Waals surface area contributed by atoms with Crippen LogP contribution in [0.25, 0.3) is 0 Å². The number of amides is 1. The summed E-state index contributed by atoms with van der Waals surface area (Å²) < 4.78 is 0. The van der Waals surface area contributed by atoms with Gasteiger partial charge in [0.05, 0.1) is 0 Å².